The summed E-state index contributed by atoms with van der Waals surface area (Å²) < 4.78 is -0.183. The van der Waals surface area contributed by atoms with Crippen molar-refractivity contribution in [2.75, 3.05) is 0 Å². The van der Waals surface area contributed by atoms with E-state index >= 15 is 0 Å². The van der Waals surface area contributed by atoms with Gasteiger partial charge in [0.2, 0.25) is 0 Å². The minimum absolute atomic E-state index is 0.00829. The Labute approximate surface area is 231 Å². The largest absolute Gasteiger partial charge is 0.392 e. The lowest BCUT2D eigenvalue weighted by molar-refractivity contribution is 0.279. The number of hydrogen-bond acceptors (Lipinski definition) is 2. The predicted octanol–water partition coefficient (Wildman–Crippen LogP) is 9.85. The fourth-order valence-corrected chi connectivity index (χ4v) is 4.42. The van der Waals surface area contributed by atoms with E-state index in [0.717, 1.165) is 32.6 Å². The first-order valence-corrected chi connectivity index (χ1v) is 19.2. The molecule has 32 heavy (non-hydrogen) atoms. The smallest absolute Gasteiger partial charge is 0.103 e. The lowest BCUT2D eigenvalue weighted by Gasteiger charge is -2.07. The first-order chi connectivity index (χ1) is 15.5. The van der Waals surface area contributed by atoms with Crippen LogP contribution in [0.2, 0.25) is 0 Å². The van der Waals surface area contributed by atoms with Crippen LogP contribution in [0.25, 0.3) is 21.5 Å². The van der Waals surface area contributed by atoms with Gasteiger partial charge in [-0.2, -0.15) is 0 Å². The van der Waals surface area contributed by atoms with Crippen molar-refractivity contribution in [3.63, 3.8) is 0 Å². The monoisotopic (exact) mass is 768 g/mol. The highest BCUT2D eigenvalue weighted by atomic mass is 80.0. The Kier molecular flexibility index (Phi) is 13.5. The average Bonchev–Trinajstić information content (AvgIpc) is 2.82. The second-order valence-electron chi connectivity index (χ2n) is 6.64. The van der Waals surface area contributed by atoms with Crippen LogP contribution in [0.1, 0.15) is 22.3 Å². The molecule has 170 valence electrons. The minimum Gasteiger partial charge on any atom is -0.392 e. The summed E-state index contributed by atoms with van der Waals surface area (Å²) in [5.41, 5.74) is 4.45. The van der Waals surface area contributed by atoms with Gasteiger partial charge in [0, 0.05) is 10.7 Å². The molecule has 0 unspecified atom stereocenters. The van der Waals surface area contributed by atoms with Crippen LogP contribution in [0, 0.1) is 0 Å². The van der Waals surface area contributed by atoms with Gasteiger partial charge in [0.25, 0.3) is 0 Å². The van der Waals surface area contributed by atoms with Gasteiger partial charge in [0.05, 0.1) is 13.2 Å². The van der Waals surface area contributed by atoms with Crippen LogP contribution >= 0.6 is 82.4 Å². The first-order valence-electron chi connectivity index (χ1n) is 9.56. The molecule has 4 rings (SSSR count). The van der Waals surface area contributed by atoms with E-state index in [1.165, 1.54) is 21.9 Å². The number of aliphatic hydroxyl groups excluding tert-OH is 2. The summed E-state index contributed by atoms with van der Waals surface area (Å²) in [7, 11) is 0. The van der Waals surface area contributed by atoms with E-state index in [9.17, 15) is 10.2 Å². The van der Waals surface area contributed by atoms with Gasteiger partial charge < -0.3 is 10.2 Å². The van der Waals surface area contributed by atoms with Crippen LogP contribution in [-0.2, 0) is 23.9 Å². The van der Waals surface area contributed by atoms with E-state index in [-0.39, 0.29) is 17.2 Å². The number of alkyl halides is 2. The SMILES string of the molecule is BrCc1cccc2cccc(CBr)c12.BrP(Br)Br.OCc1cccc2cccc(CO)c12. The molecule has 0 fully saturated rings. The lowest BCUT2D eigenvalue weighted by atomic mass is 10.00. The van der Waals surface area contributed by atoms with Gasteiger partial charge in [-0.05, 0) is 90.3 Å². The van der Waals surface area contributed by atoms with Crippen molar-refractivity contribution < 1.29 is 10.2 Å². The Bertz CT molecular complexity index is 970. The molecule has 0 amide bonds. The third-order valence-corrected chi connectivity index (χ3v) is 5.99. The zero-order chi connectivity index (χ0) is 23.5. The van der Waals surface area contributed by atoms with Crippen molar-refractivity contribution in [3.8, 4) is 0 Å². The summed E-state index contributed by atoms with van der Waals surface area (Å²) in [5.74, 6) is 0. The minimum atomic E-state index is -0.183. The number of fused-ring (bicyclic) bond motifs is 2. The molecule has 2 nitrogen and oxygen atoms in total. The van der Waals surface area contributed by atoms with Gasteiger partial charge >= 0.3 is 0 Å². The van der Waals surface area contributed by atoms with Crippen LogP contribution in [0.4, 0.5) is 0 Å². The van der Waals surface area contributed by atoms with Crippen LogP contribution in [0.3, 0.4) is 0 Å². The Morgan fingerprint density at radius 2 is 0.812 bits per heavy atom. The van der Waals surface area contributed by atoms with Gasteiger partial charge in [-0.3, -0.25) is 0 Å². The maximum absolute atomic E-state index is 9.17. The van der Waals surface area contributed by atoms with Crippen LogP contribution < -0.4 is 0 Å². The van der Waals surface area contributed by atoms with E-state index < -0.39 is 0 Å². The quantitative estimate of drug-likeness (QED) is 0.160. The van der Waals surface area contributed by atoms with Crippen molar-refractivity contribution in [2.45, 2.75) is 23.9 Å². The molecule has 0 radical (unpaired) electrons. The van der Waals surface area contributed by atoms with Gasteiger partial charge in [0.15, 0.2) is 0 Å². The topological polar surface area (TPSA) is 40.5 Å². The Morgan fingerprint density at radius 1 is 0.531 bits per heavy atom. The molecule has 0 saturated heterocycles. The number of aliphatic hydroxyl groups is 2. The molecule has 0 spiro atoms. The Morgan fingerprint density at radius 3 is 1.09 bits per heavy atom. The molecule has 4 aromatic rings. The fourth-order valence-electron chi connectivity index (χ4n) is 3.49. The Balaban J connectivity index is 0.000000195. The van der Waals surface area contributed by atoms with Gasteiger partial charge in [-0.15, -0.1) is 0 Å². The molecule has 0 aromatic heterocycles. The summed E-state index contributed by atoms with van der Waals surface area (Å²) in [4.78, 5) is 0. The maximum atomic E-state index is 9.17. The molecular weight excluding hydrogens is 751 g/mol. The highest BCUT2D eigenvalue weighted by molar-refractivity contribution is 9.93. The normalized spacial score (nSPS) is 10.5. The summed E-state index contributed by atoms with van der Waals surface area (Å²) in [6, 6.07) is 24.4. The zero-order valence-electron chi connectivity index (χ0n) is 17.0. The molecule has 8 heteroatoms. The molecule has 0 saturated carbocycles. The first kappa shape index (κ1) is 28.4. The number of benzene rings is 4. The van der Waals surface area contributed by atoms with Crippen molar-refractivity contribution in [1.29, 1.82) is 0 Å². The third kappa shape index (κ3) is 8.13. The Hall–Kier alpha value is 0.150. The van der Waals surface area contributed by atoms with E-state index in [1.807, 2.05) is 36.4 Å². The van der Waals surface area contributed by atoms with Crippen molar-refractivity contribution in [3.05, 3.63) is 95.1 Å². The molecule has 4 aromatic carbocycles. The van der Waals surface area contributed by atoms with Crippen molar-refractivity contribution in [1.82, 2.24) is 0 Å². The van der Waals surface area contributed by atoms with Crippen LogP contribution in [0.15, 0.2) is 72.8 Å². The van der Waals surface area contributed by atoms with Gasteiger partial charge in [-0.25, -0.2) is 0 Å². The second kappa shape index (κ2) is 15.2. The van der Waals surface area contributed by atoms with Crippen LogP contribution in [-0.4, -0.2) is 10.2 Å². The van der Waals surface area contributed by atoms with E-state index in [1.54, 1.807) is 0 Å². The summed E-state index contributed by atoms with van der Waals surface area (Å²) in [6.45, 7) is 0.0166. The summed E-state index contributed by atoms with van der Waals surface area (Å²) in [5, 5.41) is 24.9. The molecule has 0 bridgehead atoms. The highest BCUT2D eigenvalue weighted by Gasteiger charge is 2.04. The van der Waals surface area contributed by atoms with Gasteiger partial charge in [0.1, 0.15) is 4.03 Å². The van der Waals surface area contributed by atoms with Crippen LogP contribution in [0.5, 0.6) is 0 Å². The van der Waals surface area contributed by atoms with Gasteiger partial charge in [-0.1, -0.05) is 105 Å². The molecular formula is C24H22Br5O2P. The summed E-state index contributed by atoms with van der Waals surface area (Å²) in [6.07, 6.45) is 0. The number of rotatable bonds is 4. The van der Waals surface area contributed by atoms with Crippen molar-refractivity contribution in [2.24, 2.45) is 0 Å². The molecule has 2 N–H and O–H groups in total. The van der Waals surface area contributed by atoms with E-state index in [2.05, 4.69) is 115 Å². The lowest BCUT2D eigenvalue weighted by Crippen LogP contribution is -1.91. The highest BCUT2D eigenvalue weighted by Crippen LogP contribution is 2.59. The van der Waals surface area contributed by atoms with E-state index in [4.69, 9.17) is 0 Å². The molecule has 0 aliphatic rings. The predicted molar refractivity (Wildman–Crippen MR) is 159 cm³/mol. The maximum Gasteiger partial charge on any atom is 0.103 e. The molecule has 0 heterocycles. The average molecular weight is 773 g/mol. The number of hydrogen-bond donors (Lipinski definition) is 2. The molecule has 0 aliphatic heterocycles. The third-order valence-electron chi connectivity index (χ3n) is 4.78. The van der Waals surface area contributed by atoms with E-state index in [0.29, 0.717) is 0 Å². The number of halogens is 5. The van der Waals surface area contributed by atoms with Crippen molar-refractivity contribution >= 4 is 104 Å². The summed E-state index contributed by atoms with van der Waals surface area (Å²) >= 11 is 16.6. The molecule has 0 aliphatic carbocycles. The zero-order valence-corrected chi connectivity index (χ0v) is 25.8. The second-order valence-corrected chi connectivity index (χ2v) is 23.1. The standard InChI is InChI=1S/C12H10Br2.C12H12O2.Br3P/c2*13-7-10-5-1-3-9-4-2-6-11(8-14)12(9)10;1-4(2)3/h1-6H,7-8H2;1-6,13-14H,7-8H2;. The molecule has 0 atom stereocenters. The fraction of sp³-hybridized carbons (Fsp3) is 0.167.